The van der Waals surface area contributed by atoms with Crippen molar-refractivity contribution in [2.75, 3.05) is 13.6 Å². The molecule has 5 nitrogen and oxygen atoms in total. The lowest BCUT2D eigenvalue weighted by Crippen LogP contribution is -2.46. The maximum Gasteiger partial charge on any atom is 0.326 e. The molecule has 2 rings (SSSR count). The Morgan fingerprint density at radius 1 is 1.61 bits per heavy atom. The van der Waals surface area contributed by atoms with Crippen LogP contribution in [0, 0.1) is 0 Å². The fourth-order valence-electron chi connectivity index (χ4n) is 2.20. The Balaban J connectivity index is 1.99. The number of nitrogens with zero attached hydrogens (tertiary/aromatic N) is 2. The fourth-order valence-corrected chi connectivity index (χ4v) is 2.86. The van der Waals surface area contributed by atoms with E-state index in [4.69, 9.17) is 5.11 Å². The highest BCUT2D eigenvalue weighted by Gasteiger charge is 2.35. The minimum atomic E-state index is -0.912. The summed E-state index contributed by atoms with van der Waals surface area (Å²) in [5.74, 6) is -0.912. The van der Waals surface area contributed by atoms with E-state index in [9.17, 15) is 9.59 Å². The predicted octanol–water partition coefficient (Wildman–Crippen LogP) is 1.85. The number of carboxylic acid groups (broad SMARTS) is 1. The lowest BCUT2D eigenvalue weighted by Gasteiger charge is -2.27. The van der Waals surface area contributed by atoms with Gasteiger partial charge < -0.3 is 14.9 Å². The molecule has 1 atom stereocenters. The highest BCUT2D eigenvalue weighted by Crippen LogP contribution is 2.20. The van der Waals surface area contributed by atoms with Crippen LogP contribution in [-0.2, 0) is 11.3 Å². The van der Waals surface area contributed by atoms with E-state index in [1.54, 1.807) is 23.3 Å². The van der Waals surface area contributed by atoms with Crippen LogP contribution in [0.25, 0.3) is 0 Å². The molecular weight excluding hydrogens is 252 g/mol. The average Bonchev–Trinajstić information content (AvgIpc) is 2.97. The van der Waals surface area contributed by atoms with Gasteiger partial charge in [0.15, 0.2) is 0 Å². The van der Waals surface area contributed by atoms with Crippen LogP contribution in [0.5, 0.6) is 0 Å². The van der Waals surface area contributed by atoms with Gasteiger partial charge in [0.1, 0.15) is 6.04 Å². The average molecular weight is 268 g/mol. The van der Waals surface area contributed by atoms with E-state index in [-0.39, 0.29) is 6.03 Å². The molecule has 0 spiro atoms. The first-order valence-electron chi connectivity index (χ1n) is 5.85. The largest absolute Gasteiger partial charge is 0.480 e. The molecule has 1 N–H and O–H groups in total. The molecular formula is C12H16N2O3S. The number of rotatable bonds is 3. The molecule has 1 aromatic rings. The van der Waals surface area contributed by atoms with Gasteiger partial charge in [-0.3, -0.25) is 0 Å². The summed E-state index contributed by atoms with van der Waals surface area (Å²) in [7, 11) is 1.71. The van der Waals surface area contributed by atoms with Crippen LogP contribution >= 0.6 is 11.3 Å². The third kappa shape index (κ3) is 2.64. The number of likely N-dealkylation sites (tertiary alicyclic amines) is 1. The monoisotopic (exact) mass is 268 g/mol. The molecule has 18 heavy (non-hydrogen) atoms. The van der Waals surface area contributed by atoms with Crippen LogP contribution in [0.2, 0.25) is 0 Å². The van der Waals surface area contributed by atoms with Gasteiger partial charge in [-0.05, 0) is 35.2 Å². The third-order valence-electron chi connectivity index (χ3n) is 3.11. The van der Waals surface area contributed by atoms with E-state index in [1.807, 2.05) is 16.8 Å². The van der Waals surface area contributed by atoms with Crippen LogP contribution in [-0.4, -0.2) is 46.5 Å². The predicted molar refractivity (Wildman–Crippen MR) is 68.5 cm³/mol. The Morgan fingerprint density at radius 2 is 2.39 bits per heavy atom. The molecule has 0 bridgehead atoms. The summed E-state index contributed by atoms with van der Waals surface area (Å²) >= 11 is 1.59. The van der Waals surface area contributed by atoms with Gasteiger partial charge in [-0.25, -0.2) is 9.59 Å². The lowest BCUT2D eigenvalue weighted by molar-refractivity contribution is -0.141. The second kappa shape index (κ2) is 5.39. The first kappa shape index (κ1) is 12.9. The van der Waals surface area contributed by atoms with E-state index >= 15 is 0 Å². The number of amides is 2. The Hall–Kier alpha value is -1.56. The highest BCUT2D eigenvalue weighted by atomic mass is 32.1. The lowest BCUT2D eigenvalue weighted by atomic mass is 10.2. The van der Waals surface area contributed by atoms with E-state index in [2.05, 4.69) is 0 Å². The summed E-state index contributed by atoms with van der Waals surface area (Å²) in [6, 6.07) is 1.10. The van der Waals surface area contributed by atoms with Crippen LogP contribution in [0.3, 0.4) is 0 Å². The van der Waals surface area contributed by atoms with Gasteiger partial charge in [0, 0.05) is 20.1 Å². The summed E-state index contributed by atoms with van der Waals surface area (Å²) in [4.78, 5) is 26.2. The quantitative estimate of drug-likeness (QED) is 0.910. The second-order valence-corrected chi connectivity index (χ2v) is 5.24. The molecule has 1 aliphatic rings. The van der Waals surface area contributed by atoms with Crippen molar-refractivity contribution in [1.82, 2.24) is 9.80 Å². The number of urea groups is 1. The van der Waals surface area contributed by atoms with E-state index < -0.39 is 12.0 Å². The molecule has 98 valence electrons. The van der Waals surface area contributed by atoms with Crippen LogP contribution in [0.1, 0.15) is 18.4 Å². The van der Waals surface area contributed by atoms with Gasteiger partial charge in [-0.15, -0.1) is 0 Å². The van der Waals surface area contributed by atoms with Gasteiger partial charge in [-0.2, -0.15) is 11.3 Å². The Bertz CT molecular complexity index is 433. The van der Waals surface area contributed by atoms with Crippen molar-refractivity contribution < 1.29 is 14.7 Å². The standard InChI is InChI=1S/C12H16N2O3S/c1-13(7-9-4-6-18-8-9)12(17)14-5-2-3-10(14)11(15)16/h4,6,8,10H,2-3,5,7H2,1H3,(H,15,16)/t10-/m1/s1. The van der Waals surface area contributed by atoms with Crippen molar-refractivity contribution in [1.29, 1.82) is 0 Å². The molecule has 1 fully saturated rings. The van der Waals surface area contributed by atoms with Crippen molar-refractivity contribution in [3.63, 3.8) is 0 Å². The molecule has 0 unspecified atom stereocenters. The molecule has 2 amide bonds. The number of hydrogen-bond donors (Lipinski definition) is 1. The fraction of sp³-hybridized carbons (Fsp3) is 0.500. The van der Waals surface area contributed by atoms with Gasteiger partial charge >= 0.3 is 12.0 Å². The molecule has 0 radical (unpaired) electrons. The van der Waals surface area contributed by atoms with Gasteiger partial charge in [0.2, 0.25) is 0 Å². The molecule has 0 aliphatic carbocycles. The number of thiophene rings is 1. The first-order chi connectivity index (χ1) is 8.59. The minimum absolute atomic E-state index is 0.203. The van der Waals surface area contributed by atoms with Gasteiger partial charge in [0.05, 0.1) is 0 Å². The number of hydrogen-bond acceptors (Lipinski definition) is 3. The molecule has 0 saturated carbocycles. The summed E-state index contributed by atoms with van der Waals surface area (Å²) < 4.78 is 0. The zero-order chi connectivity index (χ0) is 13.1. The normalized spacial score (nSPS) is 18.9. The minimum Gasteiger partial charge on any atom is -0.480 e. The molecule has 1 aromatic heterocycles. The third-order valence-corrected chi connectivity index (χ3v) is 3.84. The zero-order valence-electron chi connectivity index (χ0n) is 10.2. The SMILES string of the molecule is CN(Cc1ccsc1)C(=O)N1CCC[C@@H]1C(=O)O. The first-order valence-corrected chi connectivity index (χ1v) is 6.79. The van der Waals surface area contributed by atoms with E-state index in [0.717, 1.165) is 12.0 Å². The number of carboxylic acids is 1. The summed E-state index contributed by atoms with van der Waals surface area (Å²) in [5.41, 5.74) is 1.07. The molecule has 1 saturated heterocycles. The maximum absolute atomic E-state index is 12.2. The summed E-state index contributed by atoms with van der Waals surface area (Å²) in [6.45, 7) is 1.05. The van der Waals surface area contributed by atoms with Crippen molar-refractivity contribution in [2.45, 2.75) is 25.4 Å². The van der Waals surface area contributed by atoms with Gasteiger partial charge in [0.25, 0.3) is 0 Å². The Kier molecular flexibility index (Phi) is 3.86. The maximum atomic E-state index is 12.2. The number of carbonyl (C=O) groups excluding carboxylic acids is 1. The van der Waals surface area contributed by atoms with Crippen molar-refractivity contribution >= 4 is 23.3 Å². The Labute approximate surface area is 110 Å². The van der Waals surface area contributed by atoms with Crippen molar-refractivity contribution in [3.8, 4) is 0 Å². The number of carbonyl (C=O) groups is 2. The van der Waals surface area contributed by atoms with Crippen molar-refractivity contribution in [2.24, 2.45) is 0 Å². The van der Waals surface area contributed by atoms with Crippen LogP contribution in [0.15, 0.2) is 16.8 Å². The zero-order valence-corrected chi connectivity index (χ0v) is 11.0. The molecule has 6 heteroatoms. The molecule has 0 aromatic carbocycles. The van der Waals surface area contributed by atoms with Crippen LogP contribution < -0.4 is 0 Å². The van der Waals surface area contributed by atoms with Gasteiger partial charge in [-0.1, -0.05) is 0 Å². The second-order valence-electron chi connectivity index (χ2n) is 4.46. The summed E-state index contributed by atoms with van der Waals surface area (Å²) in [5, 5.41) is 13.0. The van der Waals surface area contributed by atoms with Crippen LogP contribution in [0.4, 0.5) is 4.79 Å². The summed E-state index contributed by atoms with van der Waals surface area (Å²) in [6.07, 6.45) is 1.31. The van der Waals surface area contributed by atoms with Crippen molar-refractivity contribution in [3.05, 3.63) is 22.4 Å². The topological polar surface area (TPSA) is 60.9 Å². The molecule has 2 heterocycles. The smallest absolute Gasteiger partial charge is 0.326 e. The Morgan fingerprint density at radius 3 is 3.00 bits per heavy atom. The van der Waals surface area contributed by atoms with E-state index in [0.29, 0.717) is 19.5 Å². The number of aliphatic carboxylic acids is 1. The highest BCUT2D eigenvalue weighted by molar-refractivity contribution is 7.07. The molecule has 1 aliphatic heterocycles. The van der Waals surface area contributed by atoms with E-state index in [1.165, 1.54) is 4.90 Å².